The van der Waals surface area contributed by atoms with Crippen LogP contribution in [0.3, 0.4) is 0 Å². The zero-order chi connectivity index (χ0) is 92.2. The minimum absolute atomic E-state index is 0. The van der Waals surface area contributed by atoms with Crippen LogP contribution in [0, 0.1) is 3.57 Å². The molecule has 22 aromatic carbocycles. The van der Waals surface area contributed by atoms with Gasteiger partial charge in [0.05, 0.1) is 10.8 Å². The van der Waals surface area contributed by atoms with Crippen molar-refractivity contribution in [3.05, 3.63) is 603 Å². The Balaban J connectivity index is 0.000000104. The van der Waals surface area contributed by atoms with E-state index in [-0.39, 0.29) is 31.3 Å². The van der Waals surface area contributed by atoms with E-state index in [4.69, 9.17) is 0 Å². The molecule has 11 heteroatoms. The molecule has 26 rings (SSSR count). The van der Waals surface area contributed by atoms with Gasteiger partial charge in [0.1, 0.15) is 0 Å². The van der Waals surface area contributed by atoms with Gasteiger partial charge in [-0.15, -0.1) is 0 Å². The predicted molar refractivity (Wildman–Crippen MR) is 604 cm³/mol. The van der Waals surface area contributed by atoms with Crippen LogP contribution in [0.5, 0.6) is 0 Å². The van der Waals surface area contributed by atoms with E-state index in [0.717, 1.165) is 14.3 Å². The van der Waals surface area contributed by atoms with E-state index in [9.17, 15) is 10.0 Å². The van der Waals surface area contributed by atoms with Crippen molar-refractivity contribution >= 4 is 205 Å². The summed E-state index contributed by atoms with van der Waals surface area (Å²) in [7, 11) is -3.23. The molecule has 662 valence electrons. The van der Waals surface area contributed by atoms with E-state index in [1.165, 1.54) is 161 Å². The molecule has 2 nitrogen and oxygen atoms in total. The first-order valence-corrected chi connectivity index (χ1v) is 53.7. The van der Waals surface area contributed by atoms with Crippen molar-refractivity contribution in [3.8, 4) is 11.1 Å². The molecule has 0 aliphatic heterocycles. The monoisotopic (exact) mass is 2160 g/mol. The smallest absolute Gasteiger partial charge is 0.423 e. The van der Waals surface area contributed by atoms with Crippen LogP contribution in [0.1, 0.15) is 44.5 Å². The zero-order valence-corrected chi connectivity index (χ0v) is 85.1. The summed E-state index contributed by atoms with van der Waals surface area (Å²) >= 11 is 9.25. The van der Waals surface area contributed by atoms with E-state index >= 15 is 0 Å². The molecule has 0 saturated carbocycles. The summed E-state index contributed by atoms with van der Waals surface area (Å²) in [4.78, 5) is 0. The van der Waals surface area contributed by atoms with Gasteiger partial charge in [-0.1, -0.05) is 548 Å². The summed E-state index contributed by atoms with van der Waals surface area (Å²) in [6, 6.07) is 194. The van der Waals surface area contributed by atoms with Gasteiger partial charge in [-0.25, -0.2) is 0 Å². The topological polar surface area (TPSA) is 40.5 Å². The Bertz CT molecular complexity index is 6890. The van der Waals surface area contributed by atoms with Crippen LogP contribution in [0.4, 0.5) is 0 Å². The Hall–Kier alpha value is -12.1. The molecule has 22 aromatic rings. The van der Waals surface area contributed by atoms with Crippen molar-refractivity contribution in [2.45, 2.75) is 10.8 Å². The Morgan fingerprint density at radius 1 is 0.204 bits per heavy atom. The molecule has 0 amide bonds. The number of fused-ring (bicyclic) bond motifs is 8. The fraction of sp³-hybridized carbons (Fsp3) is 0.0159. The first-order chi connectivity index (χ1) is 67.1. The summed E-state index contributed by atoms with van der Waals surface area (Å²) in [5.74, 6) is 0. The number of halogens is 3. The van der Waals surface area contributed by atoms with Crippen LogP contribution in [0.2, 0.25) is 0 Å². The molecule has 4 aliphatic rings. The SMILES string of the molecule is Brc1cccc(-c2ccc3c4c(cccc24)C32c3cccc4cccc2c34)c1.Brc1cccc(I)c1.OB(O)c1ccc2c3c(cccc13)C21c2cccc3cccc1c23.[Pd].c1ccc(P(c2ccccc2)c2ccccc2)cc1.c1ccc(P(c2ccccc2)c2ccccc2)cc1.c1ccc(P(c2ccccc2)c2ccccc2)cc1.c1ccc(P(c2ccccc2)c2ccccc2)cc1. The fourth-order valence-corrected chi connectivity index (χ4v) is 30.8. The Morgan fingerprint density at radius 3 is 0.672 bits per heavy atom. The molecule has 0 bridgehead atoms. The number of hydrogen-bond donors (Lipinski definition) is 2. The van der Waals surface area contributed by atoms with Crippen LogP contribution < -0.4 is 69.1 Å². The van der Waals surface area contributed by atoms with Crippen LogP contribution in [0.15, 0.2) is 555 Å². The maximum absolute atomic E-state index is 9.67. The average Bonchev–Trinajstić information content (AvgIpc) is 0.646. The largest absolute Gasteiger partial charge is 0.489 e. The number of hydrogen-bond acceptors (Lipinski definition) is 2. The van der Waals surface area contributed by atoms with Crippen LogP contribution >= 0.6 is 86.1 Å². The second-order valence-electron chi connectivity index (χ2n) is 33.4. The molecule has 2 N–H and O–H groups in total. The minimum atomic E-state index is -1.44. The Morgan fingerprint density at radius 2 is 0.423 bits per heavy atom. The molecule has 0 saturated heterocycles. The fourth-order valence-electron chi connectivity index (χ4n) is 19.8. The normalized spacial score (nSPS) is 12.2. The molecule has 0 aromatic heterocycles. The number of rotatable bonds is 14. The van der Waals surface area contributed by atoms with Gasteiger partial charge in [-0.2, -0.15) is 0 Å². The third kappa shape index (κ3) is 19.2. The minimum Gasteiger partial charge on any atom is -0.423 e. The van der Waals surface area contributed by atoms with Crippen molar-refractivity contribution in [2.75, 3.05) is 0 Å². The molecular formula is C126H92BBr2IO2P4Pd. The van der Waals surface area contributed by atoms with E-state index in [2.05, 4.69) is 570 Å². The van der Waals surface area contributed by atoms with Crippen LogP contribution in [0.25, 0.3) is 54.2 Å². The standard InChI is InChI=1S/C27H15Br.C21H13BO2.4C18H15P.C6H4BrI.Pd/c28-18-8-1-7-17(15-18)19-13-14-24-26-20(19)9-4-12-23(26)27(24)21-10-2-5-16-6-3-11-22(27)25(16)21;23-22(24)18-11-10-17-20-13(18)6-3-9-16(20)21(17)14-7-1-4-12-5-2-8-15(21)19(12)14;4*1-4-10-16(11-5-1)19(17-12-6-2-7-13-17)18-14-8-3-9-15-18;7-5-2-1-3-6(8)4-5;/h1-15H;1-11,23-24H;4*1-15H;1-4H;. The Labute approximate surface area is 852 Å². The quantitative estimate of drug-likeness (QED) is 0.0647. The van der Waals surface area contributed by atoms with Crippen molar-refractivity contribution in [2.24, 2.45) is 0 Å². The van der Waals surface area contributed by atoms with Gasteiger partial charge in [0.25, 0.3) is 0 Å². The second-order valence-corrected chi connectivity index (χ2v) is 45.4. The molecule has 0 heterocycles. The van der Waals surface area contributed by atoms with Gasteiger partial charge in [0.2, 0.25) is 0 Å². The van der Waals surface area contributed by atoms with Crippen molar-refractivity contribution in [1.82, 2.24) is 0 Å². The summed E-state index contributed by atoms with van der Waals surface area (Å²) in [6.45, 7) is 0. The van der Waals surface area contributed by atoms with E-state index < -0.39 is 38.8 Å². The first kappa shape index (κ1) is 93.9. The van der Waals surface area contributed by atoms with Crippen molar-refractivity contribution < 1.29 is 30.5 Å². The van der Waals surface area contributed by atoms with Gasteiger partial charge >= 0.3 is 7.12 Å². The average molecular weight is 2170 g/mol. The predicted octanol–water partition coefficient (Wildman–Crippen LogP) is 26.9. The third-order valence-corrected chi connectivity index (χ3v) is 37.0. The van der Waals surface area contributed by atoms with Crippen molar-refractivity contribution in [1.29, 1.82) is 0 Å². The van der Waals surface area contributed by atoms with E-state index in [1.54, 1.807) is 0 Å². The molecule has 4 aliphatic carbocycles. The number of benzene rings is 22. The molecule has 0 unspecified atom stereocenters. The van der Waals surface area contributed by atoms with Gasteiger partial charge in [-0.05, 0) is 252 Å². The first-order valence-electron chi connectivity index (χ1n) is 45.7. The molecular weight excluding hydrogens is 2070 g/mol. The molecule has 0 fully saturated rings. The molecule has 137 heavy (non-hydrogen) atoms. The van der Waals surface area contributed by atoms with Gasteiger partial charge in [0.15, 0.2) is 0 Å². The molecule has 2 spiro atoms. The van der Waals surface area contributed by atoms with E-state index in [0.29, 0.717) is 5.46 Å². The van der Waals surface area contributed by atoms with Crippen LogP contribution in [-0.4, -0.2) is 17.2 Å². The molecule has 0 atom stereocenters. The van der Waals surface area contributed by atoms with Crippen LogP contribution in [-0.2, 0) is 31.3 Å². The summed E-state index contributed by atoms with van der Waals surface area (Å²) in [6.07, 6.45) is 0. The van der Waals surface area contributed by atoms with Gasteiger partial charge in [0, 0.05) is 32.9 Å². The maximum Gasteiger partial charge on any atom is 0.489 e. The summed E-state index contributed by atoms with van der Waals surface area (Å²) in [5.41, 5.74) is 14.1. The third-order valence-electron chi connectivity index (χ3n) is 25.5. The van der Waals surface area contributed by atoms with Gasteiger partial charge in [-0.3, -0.25) is 0 Å². The van der Waals surface area contributed by atoms with Gasteiger partial charge < -0.3 is 10.0 Å². The summed E-state index contributed by atoms with van der Waals surface area (Å²) < 4.78 is 3.52. The van der Waals surface area contributed by atoms with E-state index in [1.807, 2.05) is 30.3 Å². The molecule has 0 radical (unpaired) electrons. The maximum atomic E-state index is 9.67. The van der Waals surface area contributed by atoms with Crippen molar-refractivity contribution in [3.63, 3.8) is 0 Å². The summed E-state index contributed by atoms with van der Waals surface area (Å²) in [5, 5.41) is 46.5. The zero-order valence-electron chi connectivity index (χ0n) is 74.7. The Kier molecular flexibility index (Phi) is 30.0. The second kappa shape index (κ2) is 43.7.